The molecular formula is C27H39Sc-7. The van der Waals surface area contributed by atoms with E-state index in [2.05, 4.69) is 93.6 Å². The molecular weight excluding hydrogens is 369 g/mol. The minimum atomic E-state index is 0. The molecule has 0 aliphatic carbocycles. The van der Waals surface area contributed by atoms with Crippen molar-refractivity contribution in [2.24, 2.45) is 0 Å². The van der Waals surface area contributed by atoms with Gasteiger partial charge in [0, 0.05) is 25.8 Å². The van der Waals surface area contributed by atoms with E-state index < -0.39 is 0 Å². The molecule has 0 bridgehead atoms. The smallest absolute Gasteiger partial charge is 0 e. The van der Waals surface area contributed by atoms with Gasteiger partial charge in [-0.15, -0.1) is 0 Å². The van der Waals surface area contributed by atoms with E-state index in [1.165, 1.54) is 74.5 Å². The monoisotopic (exact) mass is 408 g/mol. The van der Waals surface area contributed by atoms with Gasteiger partial charge in [-0.05, 0) is 0 Å². The topological polar surface area (TPSA) is 0 Å². The van der Waals surface area contributed by atoms with Crippen molar-refractivity contribution in [2.75, 3.05) is 0 Å². The summed E-state index contributed by atoms with van der Waals surface area (Å²) in [5.41, 5.74) is 4.45. The number of aryl methyl sites for hydroxylation is 3. The number of rotatable bonds is 9. The van der Waals surface area contributed by atoms with Gasteiger partial charge in [0.2, 0.25) is 0 Å². The Morgan fingerprint density at radius 3 is 1.29 bits per heavy atom. The fourth-order valence-electron chi connectivity index (χ4n) is 2.88. The molecule has 0 spiro atoms. The fourth-order valence-corrected chi connectivity index (χ4v) is 2.88. The van der Waals surface area contributed by atoms with Gasteiger partial charge in [-0.25, -0.2) is 30.7 Å². The van der Waals surface area contributed by atoms with E-state index in [0.29, 0.717) is 0 Å². The average Bonchev–Trinajstić information content (AvgIpc) is 3.47. The van der Waals surface area contributed by atoms with Crippen LogP contribution in [0.15, 0.2) is 72.8 Å². The van der Waals surface area contributed by atoms with Gasteiger partial charge in [0.25, 0.3) is 0 Å². The number of hydrogen-bond donors (Lipinski definition) is 0. The maximum Gasteiger partial charge on any atom is 0 e. The van der Waals surface area contributed by atoms with Crippen LogP contribution in [-0.2, 0) is 45.1 Å². The van der Waals surface area contributed by atoms with Crippen molar-refractivity contribution >= 4 is 0 Å². The van der Waals surface area contributed by atoms with Crippen LogP contribution in [0.25, 0.3) is 0 Å². The van der Waals surface area contributed by atoms with Gasteiger partial charge < -0.3 is 29.8 Å². The van der Waals surface area contributed by atoms with Gasteiger partial charge in [0.15, 0.2) is 0 Å². The van der Waals surface area contributed by atoms with Gasteiger partial charge in [-0.3, -0.25) is 0 Å². The third-order valence-electron chi connectivity index (χ3n) is 4.65. The Kier molecular flexibility index (Phi) is 18.5. The molecule has 0 fully saturated rings. The molecule has 0 unspecified atom stereocenters. The van der Waals surface area contributed by atoms with E-state index in [4.69, 9.17) is 0 Å². The zero-order chi connectivity index (χ0) is 19.6. The van der Waals surface area contributed by atoms with Crippen LogP contribution in [0, 0.1) is 0 Å². The number of hydrogen-bond acceptors (Lipinski definition) is 0. The largest absolute Gasteiger partial charge is 0.748 e. The third kappa shape index (κ3) is 14.0. The second kappa shape index (κ2) is 19.2. The first-order chi connectivity index (χ1) is 13.3. The van der Waals surface area contributed by atoms with Crippen molar-refractivity contribution in [3.05, 3.63) is 89.5 Å². The zero-order valence-corrected chi connectivity index (χ0v) is 20.2. The Bertz CT molecular complexity index is 508. The predicted molar refractivity (Wildman–Crippen MR) is 122 cm³/mol. The molecule has 0 saturated heterocycles. The third-order valence-corrected chi connectivity index (χ3v) is 4.65. The van der Waals surface area contributed by atoms with Crippen LogP contribution in [0.4, 0.5) is 0 Å². The Balaban J connectivity index is 0.000000384. The van der Waals surface area contributed by atoms with Crippen LogP contribution in [0.5, 0.6) is 0 Å². The summed E-state index contributed by atoms with van der Waals surface area (Å²) in [7, 11) is 0. The summed E-state index contributed by atoms with van der Waals surface area (Å²) in [4.78, 5) is 0. The van der Waals surface area contributed by atoms with E-state index in [-0.39, 0.29) is 25.8 Å². The van der Waals surface area contributed by atoms with Gasteiger partial charge in [-0.2, -0.15) is 35.4 Å². The van der Waals surface area contributed by atoms with Crippen LogP contribution >= 0.6 is 0 Å². The summed E-state index contributed by atoms with van der Waals surface area (Å²) in [5, 5.41) is 0. The van der Waals surface area contributed by atoms with Crippen molar-refractivity contribution in [3.63, 3.8) is 0 Å². The zero-order valence-electron chi connectivity index (χ0n) is 18.4. The maximum absolute atomic E-state index is 2.23. The van der Waals surface area contributed by atoms with Gasteiger partial charge in [0.05, 0.1) is 0 Å². The minimum absolute atomic E-state index is 0. The molecule has 0 nitrogen and oxygen atoms in total. The Labute approximate surface area is 193 Å². The minimum Gasteiger partial charge on any atom is -0.748 e. The van der Waals surface area contributed by atoms with E-state index in [1.54, 1.807) is 0 Å². The van der Waals surface area contributed by atoms with Crippen LogP contribution in [0.3, 0.4) is 0 Å². The van der Waals surface area contributed by atoms with Gasteiger partial charge in [-0.1, -0.05) is 72.1 Å². The Morgan fingerprint density at radius 1 is 0.571 bits per heavy atom. The summed E-state index contributed by atoms with van der Waals surface area (Å²) in [5.74, 6) is 0. The molecule has 0 aliphatic heterocycles. The second-order valence-electron chi connectivity index (χ2n) is 7.19. The fraction of sp³-hybridized carbons (Fsp3) is 0.444. The molecule has 0 N–H and O–H groups in total. The first-order valence-electron chi connectivity index (χ1n) is 10.9. The van der Waals surface area contributed by atoms with Crippen LogP contribution in [0.1, 0.15) is 76.0 Å². The standard InChI is InChI=1S/3C9H13.Sc/c3*1-2-3-6-9-7-4-5-8-9;/h3*4-5,7-8H,2-3,6H2,1H3;/q-5;2*-1;. The normalized spacial score (nSPS) is 9.54. The maximum atomic E-state index is 2.23. The second-order valence-corrected chi connectivity index (χ2v) is 7.19. The van der Waals surface area contributed by atoms with Crippen LogP contribution in [0.2, 0.25) is 0 Å². The molecule has 0 aromatic heterocycles. The molecule has 3 rings (SSSR count). The van der Waals surface area contributed by atoms with Crippen molar-refractivity contribution in [3.8, 4) is 0 Å². The number of unbranched alkanes of at least 4 members (excludes halogenated alkanes) is 3. The first kappa shape index (κ1) is 26.9. The van der Waals surface area contributed by atoms with Gasteiger partial charge in [0.1, 0.15) is 0 Å². The summed E-state index contributed by atoms with van der Waals surface area (Å²) in [6.45, 7) is 6.68. The van der Waals surface area contributed by atoms with Crippen LogP contribution < -0.4 is 0 Å². The van der Waals surface area contributed by atoms with E-state index >= 15 is 0 Å². The average molecular weight is 409 g/mol. The van der Waals surface area contributed by atoms with E-state index in [1.807, 2.05) is 0 Å². The molecule has 0 saturated carbocycles. The summed E-state index contributed by atoms with van der Waals surface area (Å²) in [6, 6.07) is 25.8. The molecule has 28 heavy (non-hydrogen) atoms. The Hall–Kier alpha value is -1.08. The van der Waals surface area contributed by atoms with Crippen molar-refractivity contribution in [2.45, 2.75) is 78.6 Å². The van der Waals surface area contributed by atoms with Crippen molar-refractivity contribution in [1.82, 2.24) is 0 Å². The molecule has 0 aliphatic rings. The molecule has 1 heteroatoms. The van der Waals surface area contributed by atoms with Crippen molar-refractivity contribution < 1.29 is 25.8 Å². The SMILES string of the molecule is CCCC[c-]1[cH-][cH-][cH-][cH-]1.CCCC[c-]1cccc1.CCCC[c-]1cccc1.[Sc]. The molecule has 0 atom stereocenters. The molecule has 157 valence electrons. The van der Waals surface area contributed by atoms with E-state index in [0.717, 1.165) is 0 Å². The molecule has 0 amide bonds. The quantitative estimate of drug-likeness (QED) is 0.313. The molecule has 1 radical (unpaired) electrons. The predicted octanol–water partition coefficient (Wildman–Crippen LogP) is 8.24. The first-order valence-corrected chi connectivity index (χ1v) is 10.9. The van der Waals surface area contributed by atoms with E-state index in [9.17, 15) is 0 Å². The molecule has 3 aromatic carbocycles. The van der Waals surface area contributed by atoms with Crippen LogP contribution in [-0.4, -0.2) is 0 Å². The summed E-state index contributed by atoms with van der Waals surface area (Å²) < 4.78 is 0. The molecule has 3 aromatic rings. The van der Waals surface area contributed by atoms with Crippen molar-refractivity contribution in [1.29, 1.82) is 0 Å². The summed E-state index contributed by atoms with van der Waals surface area (Å²) in [6.07, 6.45) is 11.6. The van der Waals surface area contributed by atoms with Gasteiger partial charge >= 0.3 is 0 Å². The Morgan fingerprint density at radius 2 is 0.929 bits per heavy atom. The molecule has 0 heterocycles. The summed E-state index contributed by atoms with van der Waals surface area (Å²) >= 11 is 0.